The number of ether oxygens (including phenoxy) is 1. The number of benzene rings is 3. The number of fused-ring (bicyclic) bond motifs is 1. The van der Waals surface area contributed by atoms with Crippen molar-refractivity contribution in [2.75, 3.05) is 17.7 Å². The fraction of sp³-hybridized carbons (Fsp3) is 0.160. The predicted octanol–water partition coefficient (Wildman–Crippen LogP) is 3.96. The van der Waals surface area contributed by atoms with Crippen LogP contribution in [0, 0.1) is 6.92 Å². The molecule has 0 bridgehead atoms. The summed E-state index contributed by atoms with van der Waals surface area (Å²) in [4.78, 5) is 29.6. The highest BCUT2D eigenvalue weighted by Gasteiger charge is 2.13. The van der Waals surface area contributed by atoms with E-state index in [2.05, 4.69) is 15.6 Å². The first-order valence-corrected chi connectivity index (χ1v) is 10.3. The van der Waals surface area contributed by atoms with Gasteiger partial charge in [0, 0.05) is 17.6 Å². The van der Waals surface area contributed by atoms with E-state index in [-0.39, 0.29) is 12.5 Å². The summed E-state index contributed by atoms with van der Waals surface area (Å²) >= 11 is 0. The highest BCUT2D eigenvalue weighted by molar-refractivity contribution is 5.93. The molecule has 0 saturated carbocycles. The second-order valence-electron chi connectivity index (χ2n) is 7.46. The van der Waals surface area contributed by atoms with Gasteiger partial charge in [-0.15, -0.1) is 0 Å². The van der Waals surface area contributed by atoms with E-state index in [1.165, 1.54) is 10.1 Å². The molecule has 0 unspecified atom stereocenters. The van der Waals surface area contributed by atoms with Crippen LogP contribution in [0.5, 0.6) is 5.75 Å². The van der Waals surface area contributed by atoms with Gasteiger partial charge in [0.05, 0.1) is 12.6 Å². The molecule has 0 spiro atoms. The number of nitrogens with zero attached hydrogens (tertiary/aromatic N) is 2. The van der Waals surface area contributed by atoms with Crippen molar-refractivity contribution in [3.8, 4) is 5.75 Å². The zero-order valence-electron chi connectivity index (χ0n) is 18.0. The van der Waals surface area contributed by atoms with Crippen molar-refractivity contribution in [1.29, 1.82) is 0 Å². The number of carbonyl (C=O) groups excluding carboxylic acids is 1. The molecule has 32 heavy (non-hydrogen) atoms. The number of rotatable bonds is 7. The molecule has 4 rings (SSSR count). The number of amides is 1. The van der Waals surface area contributed by atoms with Gasteiger partial charge in [0.1, 0.15) is 18.1 Å². The smallest absolute Gasteiger partial charge is 0.350 e. The van der Waals surface area contributed by atoms with Gasteiger partial charge in [-0.25, -0.2) is 4.79 Å². The largest absolute Gasteiger partial charge is 0.497 e. The summed E-state index contributed by atoms with van der Waals surface area (Å²) < 4.78 is 6.51. The van der Waals surface area contributed by atoms with Crippen LogP contribution >= 0.6 is 0 Å². The average Bonchev–Trinajstić information content (AvgIpc) is 2.81. The summed E-state index contributed by atoms with van der Waals surface area (Å²) in [6, 6.07) is 22.6. The van der Waals surface area contributed by atoms with Gasteiger partial charge in [-0.05, 0) is 48.9 Å². The topological polar surface area (TPSA) is 85.2 Å². The van der Waals surface area contributed by atoms with Crippen molar-refractivity contribution < 1.29 is 9.53 Å². The molecule has 7 nitrogen and oxygen atoms in total. The summed E-state index contributed by atoms with van der Waals surface area (Å²) in [5.41, 5.74) is 3.05. The fourth-order valence-electron chi connectivity index (χ4n) is 3.43. The summed E-state index contributed by atoms with van der Waals surface area (Å²) in [5.74, 6) is 0.880. The van der Waals surface area contributed by atoms with E-state index >= 15 is 0 Å². The first-order chi connectivity index (χ1) is 15.5. The lowest BCUT2D eigenvalue weighted by Gasteiger charge is -2.14. The molecule has 4 aromatic rings. The Hall–Kier alpha value is -4.13. The lowest BCUT2D eigenvalue weighted by molar-refractivity contribution is -0.116. The normalized spacial score (nSPS) is 10.7. The molecule has 1 aromatic heterocycles. The van der Waals surface area contributed by atoms with E-state index in [0.717, 1.165) is 10.9 Å². The number of methoxy groups -OCH3 is 1. The zero-order chi connectivity index (χ0) is 22.5. The molecule has 1 heterocycles. The predicted molar refractivity (Wildman–Crippen MR) is 126 cm³/mol. The fourth-order valence-corrected chi connectivity index (χ4v) is 3.43. The molecule has 3 aromatic carbocycles. The highest BCUT2D eigenvalue weighted by atomic mass is 16.5. The van der Waals surface area contributed by atoms with Crippen LogP contribution in [0.3, 0.4) is 0 Å². The Labute approximate surface area is 185 Å². The molecular formula is C25H24N4O3. The highest BCUT2D eigenvalue weighted by Crippen LogP contribution is 2.20. The van der Waals surface area contributed by atoms with E-state index in [9.17, 15) is 9.59 Å². The third kappa shape index (κ3) is 4.78. The Morgan fingerprint density at radius 1 is 1.00 bits per heavy atom. The summed E-state index contributed by atoms with van der Waals surface area (Å²) in [7, 11) is 1.58. The van der Waals surface area contributed by atoms with Crippen LogP contribution in [-0.2, 0) is 17.9 Å². The van der Waals surface area contributed by atoms with Gasteiger partial charge in [-0.1, -0.05) is 42.0 Å². The minimum absolute atomic E-state index is 0.142. The van der Waals surface area contributed by atoms with Crippen molar-refractivity contribution in [2.24, 2.45) is 0 Å². The van der Waals surface area contributed by atoms with Crippen molar-refractivity contribution >= 4 is 28.3 Å². The Morgan fingerprint density at radius 3 is 2.44 bits per heavy atom. The van der Waals surface area contributed by atoms with Gasteiger partial charge in [-0.2, -0.15) is 4.98 Å². The van der Waals surface area contributed by atoms with E-state index in [1.54, 1.807) is 31.4 Å². The number of aryl methyl sites for hydroxylation is 1. The number of carbonyl (C=O) groups is 1. The maximum Gasteiger partial charge on any atom is 0.350 e. The first-order valence-electron chi connectivity index (χ1n) is 10.3. The van der Waals surface area contributed by atoms with Crippen molar-refractivity contribution in [2.45, 2.75) is 20.0 Å². The molecule has 0 atom stereocenters. The van der Waals surface area contributed by atoms with E-state index in [4.69, 9.17) is 4.74 Å². The molecule has 7 heteroatoms. The van der Waals surface area contributed by atoms with Crippen molar-refractivity contribution in [3.63, 3.8) is 0 Å². The summed E-state index contributed by atoms with van der Waals surface area (Å²) in [5, 5.41) is 6.83. The molecule has 0 aliphatic rings. The summed E-state index contributed by atoms with van der Waals surface area (Å²) in [6.45, 7) is 2.44. The molecule has 0 radical (unpaired) electrons. The van der Waals surface area contributed by atoms with E-state index in [0.29, 0.717) is 29.3 Å². The van der Waals surface area contributed by atoms with Gasteiger partial charge >= 0.3 is 5.69 Å². The number of hydrogen-bond acceptors (Lipinski definition) is 5. The van der Waals surface area contributed by atoms with Crippen LogP contribution in [0.15, 0.2) is 77.6 Å². The van der Waals surface area contributed by atoms with Crippen LogP contribution in [0.2, 0.25) is 0 Å². The van der Waals surface area contributed by atoms with Gasteiger partial charge in [0.2, 0.25) is 5.91 Å². The Bertz CT molecular complexity index is 1300. The Morgan fingerprint density at radius 2 is 1.72 bits per heavy atom. The first kappa shape index (κ1) is 21.1. The van der Waals surface area contributed by atoms with Crippen LogP contribution in [0.1, 0.15) is 11.1 Å². The second kappa shape index (κ2) is 9.34. The number of hydrogen-bond donors (Lipinski definition) is 2. The number of aromatic nitrogens is 2. The lowest BCUT2D eigenvalue weighted by atomic mass is 10.1. The third-order valence-electron chi connectivity index (χ3n) is 5.14. The monoisotopic (exact) mass is 428 g/mol. The minimum atomic E-state index is -0.486. The van der Waals surface area contributed by atoms with E-state index < -0.39 is 5.69 Å². The average molecular weight is 428 g/mol. The molecular weight excluding hydrogens is 404 g/mol. The number of nitrogens with one attached hydrogen (secondary N) is 2. The van der Waals surface area contributed by atoms with Crippen LogP contribution < -0.4 is 21.1 Å². The van der Waals surface area contributed by atoms with Crippen LogP contribution in [0.4, 0.5) is 11.5 Å². The number of para-hydroxylation sites is 1. The third-order valence-corrected chi connectivity index (χ3v) is 5.14. The van der Waals surface area contributed by atoms with Gasteiger partial charge in [0.15, 0.2) is 0 Å². The second-order valence-corrected chi connectivity index (χ2v) is 7.46. The van der Waals surface area contributed by atoms with Crippen LogP contribution in [-0.4, -0.2) is 22.6 Å². The molecule has 162 valence electrons. The van der Waals surface area contributed by atoms with Crippen LogP contribution in [0.25, 0.3) is 10.9 Å². The SMILES string of the molecule is COc1ccc(NC(=O)Cn2c(=O)nc(NCc3ccc(C)cc3)c3ccccc32)cc1. The number of anilines is 2. The molecule has 1 amide bonds. The minimum Gasteiger partial charge on any atom is -0.497 e. The summed E-state index contributed by atoms with van der Waals surface area (Å²) in [6.07, 6.45) is 0. The maximum absolute atomic E-state index is 12.8. The van der Waals surface area contributed by atoms with E-state index in [1.807, 2.05) is 55.5 Å². The van der Waals surface area contributed by atoms with Crippen molar-refractivity contribution in [3.05, 3.63) is 94.4 Å². The Kier molecular flexibility index (Phi) is 6.17. The quantitative estimate of drug-likeness (QED) is 0.465. The molecule has 0 aliphatic heterocycles. The van der Waals surface area contributed by atoms with Gasteiger partial charge in [-0.3, -0.25) is 9.36 Å². The van der Waals surface area contributed by atoms with Gasteiger partial charge < -0.3 is 15.4 Å². The zero-order valence-corrected chi connectivity index (χ0v) is 18.0. The molecule has 0 fully saturated rings. The molecule has 0 aliphatic carbocycles. The lowest BCUT2D eigenvalue weighted by Crippen LogP contribution is -2.30. The van der Waals surface area contributed by atoms with Crippen molar-refractivity contribution in [1.82, 2.24) is 9.55 Å². The molecule has 2 N–H and O–H groups in total. The van der Waals surface area contributed by atoms with Gasteiger partial charge in [0.25, 0.3) is 0 Å². The maximum atomic E-state index is 12.8. The molecule has 0 saturated heterocycles. The Balaban J connectivity index is 1.56. The standard InChI is InChI=1S/C25H24N4O3/c1-17-7-9-18(10-8-17)15-26-24-21-5-3-4-6-22(21)29(25(31)28-24)16-23(30)27-19-11-13-20(32-2)14-12-19/h3-14H,15-16H2,1-2H3,(H,27,30)(H,26,28,31).